The highest BCUT2D eigenvalue weighted by molar-refractivity contribution is 7.89. The van der Waals surface area contributed by atoms with Crippen molar-refractivity contribution in [2.75, 3.05) is 65.2 Å². The largest absolute Gasteiger partial charge is 0.379 e. The molecule has 0 aliphatic rings. The van der Waals surface area contributed by atoms with E-state index in [-0.39, 0.29) is 13.7 Å². The van der Waals surface area contributed by atoms with Gasteiger partial charge in [-0.1, -0.05) is 33.6 Å². The lowest BCUT2D eigenvalue weighted by Crippen LogP contribution is -2.29. The molecular weight excluding hydrogens is 346 g/mol. The summed E-state index contributed by atoms with van der Waals surface area (Å²) in [7, 11) is -3.13. The first-order chi connectivity index (χ1) is 12.1. The van der Waals surface area contributed by atoms with E-state index in [4.69, 9.17) is 18.9 Å². The van der Waals surface area contributed by atoms with Gasteiger partial charge in [0, 0.05) is 14.6 Å². The second-order valence-corrected chi connectivity index (χ2v) is 7.05. The minimum absolute atomic E-state index is 0. The topological polar surface area (TPSA) is 83.1 Å². The molecule has 0 heterocycles. The normalized spacial score (nSPS) is 11.2. The predicted octanol–water partition coefficient (Wildman–Crippen LogP) is 2.45. The van der Waals surface area contributed by atoms with Crippen molar-refractivity contribution in [3.8, 4) is 0 Å². The fourth-order valence-electron chi connectivity index (χ4n) is 1.59. The summed E-state index contributed by atoms with van der Waals surface area (Å²) >= 11 is 0. The van der Waals surface area contributed by atoms with Crippen LogP contribution in [0.2, 0.25) is 0 Å². The number of sulfonamides is 1. The molecule has 1 N–H and O–H groups in total. The Morgan fingerprint density at radius 3 is 1.60 bits per heavy atom. The van der Waals surface area contributed by atoms with Crippen LogP contribution in [0.25, 0.3) is 0 Å². The van der Waals surface area contributed by atoms with Gasteiger partial charge in [-0.05, 0) is 13.3 Å². The van der Waals surface area contributed by atoms with E-state index in [2.05, 4.69) is 11.6 Å². The first-order valence-electron chi connectivity index (χ1n) is 9.40. The fraction of sp³-hybridized carbons (Fsp3) is 1.00. The monoisotopic (exact) mass is 387 g/mol. The lowest BCUT2D eigenvalue weighted by atomic mass is 10.3. The van der Waals surface area contributed by atoms with Crippen LogP contribution in [0.5, 0.6) is 0 Å². The van der Waals surface area contributed by atoms with Gasteiger partial charge in [-0.15, -0.1) is 0 Å². The van der Waals surface area contributed by atoms with Gasteiger partial charge in [0.25, 0.3) is 0 Å². The van der Waals surface area contributed by atoms with Crippen LogP contribution in [-0.2, 0) is 29.0 Å². The summed E-state index contributed by atoms with van der Waals surface area (Å²) in [4.78, 5) is 0. The number of unbranched alkanes of at least 4 members (excludes halogenated alkanes) is 2. The molecule has 0 fully saturated rings. The van der Waals surface area contributed by atoms with Gasteiger partial charge >= 0.3 is 0 Å². The lowest BCUT2D eigenvalue weighted by molar-refractivity contribution is -0.00150. The summed E-state index contributed by atoms with van der Waals surface area (Å²) in [5.74, 6) is 0.0832. The molecule has 0 unspecified atom stereocenters. The van der Waals surface area contributed by atoms with E-state index in [1.54, 1.807) is 6.92 Å². The Morgan fingerprint density at radius 1 is 0.720 bits per heavy atom. The van der Waals surface area contributed by atoms with E-state index in [1.807, 2.05) is 13.8 Å². The molecule has 25 heavy (non-hydrogen) atoms. The zero-order chi connectivity index (χ0) is 19.2. The van der Waals surface area contributed by atoms with Crippen molar-refractivity contribution in [3.63, 3.8) is 0 Å². The van der Waals surface area contributed by atoms with Crippen molar-refractivity contribution in [1.29, 1.82) is 0 Å². The van der Waals surface area contributed by atoms with E-state index in [9.17, 15) is 8.42 Å². The molecule has 0 bridgehead atoms. The zero-order valence-electron chi connectivity index (χ0n) is 16.6. The summed E-state index contributed by atoms with van der Waals surface area (Å²) in [5.41, 5.74) is 0. The van der Waals surface area contributed by atoms with Gasteiger partial charge in [0.15, 0.2) is 0 Å². The van der Waals surface area contributed by atoms with E-state index in [1.165, 1.54) is 12.8 Å². The first-order valence-corrected chi connectivity index (χ1v) is 11.1. The van der Waals surface area contributed by atoms with Crippen LogP contribution in [0.15, 0.2) is 0 Å². The molecular formula is C17H41NO6S. The molecule has 7 nitrogen and oxygen atoms in total. The van der Waals surface area contributed by atoms with Crippen molar-refractivity contribution in [2.45, 2.75) is 47.0 Å². The standard InChI is InChI=1S/C15H33NO6S.C2H6.H2/c1-3-5-6-8-19-10-12-21-14-15-22-13-11-20-9-7-16-23(17,18)4-2;1-2;/h16H,3-15H2,1-2H3;1-2H3;1H. The molecule has 0 rings (SSSR count). The quantitative estimate of drug-likeness (QED) is 0.364. The van der Waals surface area contributed by atoms with Crippen molar-refractivity contribution >= 4 is 10.0 Å². The molecule has 0 aliphatic carbocycles. The van der Waals surface area contributed by atoms with E-state index in [0.29, 0.717) is 46.2 Å². The fourth-order valence-corrected chi connectivity index (χ4v) is 2.19. The summed E-state index contributed by atoms with van der Waals surface area (Å²) in [6.07, 6.45) is 3.52. The number of hydrogen-bond acceptors (Lipinski definition) is 6. The Labute approximate surface area is 156 Å². The molecule has 0 aromatic rings. The summed E-state index contributed by atoms with van der Waals surface area (Å²) < 4.78 is 46.1. The third-order valence-electron chi connectivity index (χ3n) is 2.96. The van der Waals surface area contributed by atoms with Crippen LogP contribution in [0.3, 0.4) is 0 Å². The molecule has 156 valence electrons. The van der Waals surface area contributed by atoms with Crippen LogP contribution in [0, 0.1) is 0 Å². The Bertz CT molecular complexity index is 344. The lowest BCUT2D eigenvalue weighted by Gasteiger charge is -2.08. The average Bonchev–Trinajstić information content (AvgIpc) is 2.63. The Hall–Kier alpha value is -0.250. The van der Waals surface area contributed by atoms with Gasteiger partial charge in [-0.3, -0.25) is 0 Å². The Morgan fingerprint density at radius 2 is 1.16 bits per heavy atom. The van der Waals surface area contributed by atoms with Crippen LogP contribution < -0.4 is 4.72 Å². The number of ether oxygens (including phenoxy) is 4. The van der Waals surface area contributed by atoms with Crippen molar-refractivity contribution in [2.24, 2.45) is 0 Å². The molecule has 0 aromatic carbocycles. The summed E-state index contributed by atoms with van der Waals surface area (Å²) in [5, 5.41) is 0. The van der Waals surface area contributed by atoms with Crippen LogP contribution in [0.1, 0.15) is 48.4 Å². The maximum Gasteiger partial charge on any atom is 0.211 e. The van der Waals surface area contributed by atoms with Crippen molar-refractivity contribution in [3.05, 3.63) is 0 Å². The molecule has 8 heteroatoms. The van der Waals surface area contributed by atoms with Crippen molar-refractivity contribution < 1.29 is 28.8 Å². The SMILES string of the molecule is CC.CCCCCOCCOCCOCCOCCNS(=O)(=O)CC.[HH]. The Balaban J connectivity index is -0.00000170. The second-order valence-electron chi connectivity index (χ2n) is 4.95. The highest BCUT2D eigenvalue weighted by atomic mass is 32.2. The first kappa shape index (κ1) is 27.0. The maximum absolute atomic E-state index is 11.1. The minimum atomic E-state index is -3.13. The number of rotatable bonds is 18. The number of hydrogen-bond donors (Lipinski definition) is 1. The number of nitrogens with one attached hydrogen (secondary N) is 1. The van der Waals surface area contributed by atoms with Crippen LogP contribution in [-0.4, -0.2) is 73.6 Å². The van der Waals surface area contributed by atoms with Gasteiger partial charge in [0.2, 0.25) is 10.0 Å². The van der Waals surface area contributed by atoms with Crippen LogP contribution >= 0.6 is 0 Å². The molecule has 0 saturated carbocycles. The average molecular weight is 388 g/mol. The van der Waals surface area contributed by atoms with Gasteiger partial charge < -0.3 is 18.9 Å². The summed E-state index contributed by atoms with van der Waals surface area (Å²) in [6.45, 7) is 12.4. The molecule has 0 aliphatic heterocycles. The molecule has 0 atom stereocenters. The zero-order valence-corrected chi connectivity index (χ0v) is 17.4. The molecule has 0 spiro atoms. The van der Waals surface area contributed by atoms with Crippen LogP contribution in [0.4, 0.5) is 0 Å². The smallest absolute Gasteiger partial charge is 0.211 e. The van der Waals surface area contributed by atoms with E-state index >= 15 is 0 Å². The van der Waals surface area contributed by atoms with Gasteiger partial charge in [-0.2, -0.15) is 0 Å². The summed E-state index contributed by atoms with van der Waals surface area (Å²) in [6, 6.07) is 0. The molecule has 0 saturated heterocycles. The maximum atomic E-state index is 11.1. The van der Waals surface area contributed by atoms with E-state index < -0.39 is 10.0 Å². The highest BCUT2D eigenvalue weighted by Crippen LogP contribution is 1.93. The molecule has 0 amide bonds. The van der Waals surface area contributed by atoms with Gasteiger partial charge in [0.05, 0.1) is 52.0 Å². The third kappa shape index (κ3) is 23.8. The van der Waals surface area contributed by atoms with Gasteiger partial charge in [-0.25, -0.2) is 13.1 Å². The molecule has 0 radical (unpaired) electrons. The molecule has 0 aromatic heterocycles. The van der Waals surface area contributed by atoms with Gasteiger partial charge in [0.1, 0.15) is 0 Å². The Kier molecular flexibility index (Phi) is 23.5. The van der Waals surface area contributed by atoms with Crippen molar-refractivity contribution in [1.82, 2.24) is 4.72 Å². The predicted molar refractivity (Wildman–Crippen MR) is 104 cm³/mol. The second kappa shape index (κ2) is 21.8. The third-order valence-corrected chi connectivity index (χ3v) is 4.36. The van der Waals surface area contributed by atoms with E-state index in [0.717, 1.165) is 13.0 Å². The highest BCUT2D eigenvalue weighted by Gasteiger charge is 2.04. The minimum Gasteiger partial charge on any atom is -0.379 e.